The summed E-state index contributed by atoms with van der Waals surface area (Å²) in [5.74, 6) is 2.45. The van der Waals surface area contributed by atoms with E-state index in [1.807, 2.05) is 18.2 Å². The second-order valence-corrected chi connectivity index (χ2v) is 10.0. The number of fused-ring (bicyclic) bond motifs is 1. The minimum absolute atomic E-state index is 0.0740. The van der Waals surface area contributed by atoms with Crippen molar-refractivity contribution < 1.29 is 19.4 Å². The third-order valence-corrected chi connectivity index (χ3v) is 7.80. The second-order valence-electron chi connectivity index (χ2n) is 9.02. The Morgan fingerprint density at radius 3 is 2.75 bits per heavy atom. The number of aromatic nitrogens is 1. The highest BCUT2D eigenvalue weighted by Crippen LogP contribution is 2.57. The van der Waals surface area contributed by atoms with Gasteiger partial charge in [-0.1, -0.05) is 0 Å². The number of aliphatic hydroxyl groups is 1. The molecule has 2 aromatic rings. The number of amides is 1. The van der Waals surface area contributed by atoms with E-state index in [0.717, 1.165) is 42.0 Å². The van der Waals surface area contributed by atoms with Crippen molar-refractivity contribution in [2.45, 2.75) is 49.7 Å². The number of ether oxygens (including phenoxy) is 2. The molecule has 2 unspecified atom stereocenters. The molecule has 2 atom stereocenters. The molecule has 28 heavy (non-hydrogen) atoms. The summed E-state index contributed by atoms with van der Waals surface area (Å²) in [7, 11) is 0. The van der Waals surface area contributed by atoms with Gasteiger partial charge in [0.15, 0.2) is 11.5 Å². The van der Waals surface area contributed by atoms with Gasteiger partial charge in [0.25, 0.3) is 5.91 Å². The van der Waals surface area contributed by atoms with Crippen LogP contribution in [-0.2, 0) is 0 Å². The summed E-state index contributed by atoms with van der Waals surface area (Å²) in [6.45, 7) is 0.237. The summed E-state index contributed by atoms with van der Waals surface area (Å²) < 4.78 is 10.8. The molecule has 1 aliphatic heterocycles. The highest BCUT2D eigenvalue weighted by atomic mass is 32.1. The molecule has 0 saturated heterocycles. The fourth-order valence-electron chi connectivity index (χ4n) is 6.20. The third kappa shape index (κ3) is 2.63. The predicted molar refractivity (Wildman–Crippen MR) is 104 cm³/mol. The predicted octanol–water partition coefficient (Wildman–Crippen LogP) is 3.35. The van der Waals surface area contributed by atoms with Crippen molar-refractivity contribution in [2.24, 2.45) is 11.8 Å². The number of thiazole rings is 1. The molecule has 4 aliphatic carbocycles. The lowest BCUT2D eigenvalue weighted by molar-refractivity contribution is -0.139. The molecular formula is C21H22N2O4S. The van der Waals surface area contributed by atoms with Gasteiger partial charge in [-0.15, -0.1) is 11.3 Å². The van der Waals surface area contributed by atoms with E-state index in [2.05, 4.69) is 10.3 Å². The zero-order valence-electron chi connectivity index (χ0n) is 15.4. The van der Waals surface area contributed by atoms with Gasteiger partial charge in [0.2, 0.25) is 6.79 Å². The van der Waals surface area contributed by atoms with Gasteiger partial charge < -0.3 is 19.9 Å². The fraction of sp³-hybridized carbons (Fsp3) is 0.524. The van der Waals surface area contributed by atoms with Crippen molar-refractivity contribution in [3.63, 3.8) is 0 Å². The summed E-state index contributed by atoms with van der Waals surface area (Å²) in [6.07, 6.45) is 7.32. The van der Waals surface area contributed by atoms with Crippen LogP contribution in [0.2, 0.25) is 0 Å². The molecular weight excluding hydrogens is 376 g/mol. The first-order chi connectivity index (χ1) is 13.5. The molecule has 4 fully saturated rings. The van der Waals surface area contributed by atoms with Crippen LogP contribution < -0.4 is 14.8 Å². The quantitative estimate of drug-likeness (QED) is 0.829. The minimum Gasteiger partial charge on any atom is -0.454 e. The van der Waals surface area contributed by atoms with Crippen LogP contribution in [0.4, 0.5) is 0 Å². The SMILES string of the molecule is O=C(NC12CC3CC(CC(O)(C3)C1)C2)c1cnc(-c2ccc3c(c2)OCO3)s1. The monoisotopic (exact) mass is 398 g/mol. The van der Waals surface area contributed by atoms with E-state index >= 15 is 0 Å². The van der Waals surface area contributed by atoms with E-state index in [1.54, 1.807) is 6.20 Å². The third-order valence-electron chi connectivity index (χ3n) is 6.76. The van der Waals surface area contributed by atoms with E-state index < -0.39 is 5.60 Å². The Bertz CT molecular complexity index is 957. The second kappa shape index (κ2) is 5.70. The Balaban J connectivity index is 1.23. The van der Waals surface area contributed by atoms with Crippen LogP contribution >= 0.6 is 11.3 Å². The molecule has 146 valence electrons. The molecule has 4 saturated carbocycles. The standard InChI is InChI=1S/C21H22N2O4S/c24-18(23-20-5-12-3-13(6-20)8-21(25,7-12)10-20)17-9-22-19(28-17)14-1-2-15-16(4-14)27-11-26-15/h1-2,4,9,12-13,25H,3,5-8,10-11H2,(H,23,24). The average molecular weight is 398 g/mol. The van der Waals surface area contributed by atoms with Crippen molar-refractivity contribution in [1.82, 2.24) is 10.3 Å². The van der Waals surface area contributed by atoms with Gasteiger partial charge in [0.1, 0.15) is 9.88 Å². The molecule has 5 aliphatic rings. The first-order valence-corrected chi connectivity index (χ1v) is 10.7. The van der Waals surface area contributed by atoms with Gasteiger partial charge in [-0.2, -0.15) is 0 Å². The molecule has 7 heteroatoms. The van der Waals surface area contributed by atoms with Crippen LogP contribution in [0.3, 0.4) is 0 Å². The molecule has 4 bridgehead atoms. The van der Waals surface area contributed by atoms with Gasteiger partial charge >= 0.3 is 0 Å². The van der Waals surface area contributed by atoms with Crippen molar-refractivity contribution in [3.8, 4) is 22.1 Å². The van der Waals surface area contributed by atoms with Gasteiger partial charge in [-0.05, 0) is 68.6 Å². The number of nitrogens with zero attached hydrogens (tertiary/aromatic N) is 1. The topological polar surface area (TPSA) is 80.7 Å². The van der Waals surface area contributed by atoms with Gasteiger partial charge in [0, 0.05) is 11.1 Å². The van der Waals surface area contributed by atoms with Crippen molar-refractivity contribution in [3.05, 3.63) is 29.3 Å². The molecule has 2 heterocycles. The Morgan fingerprint density at radius 1 is 1.18 bits per heavy atom. The van der Waals surface area contributed by atoms with Crippen LogP contribution in [0.15, 0.2) is 24.4 Å². The maximum Gasteiger partial charge on any atom is 0.263 e. The molecule has 1 aromatic heterocycles. The van der Waals surface area contributed by atoms with Crippen LogP contribution in [0.25, 0.3) is 10.6 Å². The zero-order chi connectivity index (χ0) is 18.9. The molecule has 0 spiro atoms. The van der Waals surface area contributed by atoms with Crippen LogP contribution in [0, 0.1) is 11.8 Å². The van der Waals surface area contributed by atoms with Gasteiger partial charge in [-0.25, -0.2) is 4.98 Å². The Hall–Kier alpha value is -2.12. The summed E-state index contributed by atoms with van der Waals surface area (Å²) in [5.41, 5.74) is 0.0825. The maximum absolute atomic E-state index is 13.0. The van der Waals surface area contributed by atoms with Gasteiger partial charge in [0.05, 0.1) is 11.8 Å². The van der Waals surface area contributed by atoms with Crippen LogP contribution in [0.1, 0.15) is 48.2 Å². The summed E-state index contributed by atoms with van der Waals surface area (Å²) in [4.78, 5) is 18.1. The highest BCUT2D eigenvalue weighted by Gasteiger charge is 2.57. The average Bonchev–Trinajstić information content (AvgIpc) is 3.28. The first-order valence-electron chi connectivity index (χ1n) is 9.90. The molecule has 7 rings (SSSR count). The van der Waals surface area contributed by atoms with Crippen LogP contribution in [0.5, 0.6) is 11.5 Å². The molecule has 6 nitrogen and oxygen atoms in total. The normalized spacial score (nSPS) is 34.6. The van der Waals surface area contributed by atoms with Crippen molar-refractivity contribution >= 4 is 17.2 Å². The van der Waals surface area contributed by atoms with E-state index in [1.165, 1.54) is 17.8 Å². The zero-order valence-corrected chi connectivity index (χ0v) is 16.3. The number of benzene rings is 1. The van der Waals surface area contributed by atoms with E-state index in [-0.39, 0.29) is 18.2 Å². The first kappa shape index (κ1) is 16.8. The minimum atomic E-state index is -0.581. The fourth-order valence-corrected chi connectivity index (χ4v) is 7.01. The Labute approximate surface area is 166 Å². The van der Waals surface area contributed by atoms with E-state index in [0.29, 0.717) is 28.9 Å². The number of hydrogen-bond donors (Lipinski definition) is 2. The number of nitrogens with one attached hydrogen (secondary N) is 1. The number of carbonyl (C=O) groups excluding carboxylic acids is 1. The Morgan fingerprint density at radius 2 is 1.96 bits per heavy atom. The highest BCUT2D eigenvalue weighted by molar-refractivity contribution is 7.16. The maximum atomic E-state index is 13.0. The van der Waals surface area contributed by atoms with Gasteiger partial charge in [-0.3, -0.25) is 4.79 Å². The summed E-state index contributed by atoms with van der Waals surface area (Å²) in [5, 5.41) is 15.0. The van der Waals surface area contributed by atoms with Crippen LogP contribution in [-0.4, -0.2) is 33.9 Å². The molecule has 1 amide bonds. The van der Waals surface area contributed by atoms with Crippen molar-refractivity contribution in [1.29, 1.82) is 0 Å². The number of hydrogen-bond acceptors (Lipinski definition) is 6. The summed E-state index contributed by atoms with van der Waals surface area (Å²) >= 11 is 1.39. The van der Waals surface area contributed by atoms with Crippen molar-refractivity contribution in [2.75, 3.05) is 6.79 Å². The molecule has 1 aromatic carbocycles. The Kier molecular flexibility index (Phi) is 3.42. The smallest absolute Gasteiger partial charge is 0.263 e. The number of carbonyl (C=O) groups is 1. The largest absolute Gasteiger partial charge is 0.454 e. The summed E-state index contributed by atoms with van der Waals surface area (Å²) in [6, 6.07) is 5.70. The van der Waals surface area contributed by atoms with E-state index in [9.17, 15) is 9.90 Å². The van der Waals surface area contributed by atoms with E-state index in [4.69, 9.17) is 9.47 Å². The lowest BCUT2D eigenvalue weighted by Crippen LogP contribution is -2.65. The lowest BCUT2D eigenvalue weighted by Gasteiger charge is -2.60. The number of rotatable bonds is 3. The molecule has 0 radical (unpaired) electrons. The lowest BCUT2D eigenvalue weighted by atomic mass is 9.51. The molecule has 2 N–H and O–H groups in total.